The van der Waals surface area contributed by atoms with E-state index in [1.807, 2.05) is 51.1 Å². The van der Waals surface area contributed by atoms with Crippen LogP contribution in [0, 0.1) is 11.3 Å². The Morgan fingerprint density at radius 2 is 1.74 bits per heavy atom. The molecule has 2 rings (SSSR count). The summed E-state index contributed by atoms with van der Waals surface area (Å²) < 4.78 is 0. The van der Waals surface area contributed by atoms with Crippen molar-refractivity contribution in [3.8, 4) is 0 Å². The van der Waals surface area contributed by atoms with Gasteiger partial charge in [0.2, 0.25) is 11.8 Å². The molecule has 1 aromatic carbocycles. The fraction of sp³-hybridized carbons (Fsp3) is 0.556. The number of carbonyl (C=O) groups excluding carboxylic acids is 2. The highest BCUT2D eigenvalue weighted by molar-refractivity contribution is 5.92. The third kappa shape index (κ3) is 4.55. The van der Waals surface area contributed by atoms with E-state index in [4.69, 9.17) is 5.73 Å². The smallest absolute Gasteiger partial charge is 0.240 e. The zero-order valence-electron chi connectivity index (χ0n) is 14.2. The Balaban J connectivity index is 1.86. The van der Waals surface area contributed by atoms with E-state index in [-0.39, 0.29) is 23.1 Å². The summed E-state index contributed by atoms with van der Waals surface area (Å²) in [5.41, 5.74) is 6.61. The van der Waals surface area contributed by atoms with E-state index >= 15 is 0 Å². The van der Waals surface area contributed by atoms with Gasteiger partial charge < -0.3 is 16.0 Å². The molecular weight excluding hydrogens is 290 g/mol. The van der Waals surface area contributed by atoms with Gasteiger partial charge in [-0.25, -0.2) is 0 Å². The lowest BCUT2D eigenvalue weighted by Crippen LogP contribution is -2.53. The van der Waals surface area contributed by atoms with Crippen molar-refractivity contribution in [1.82, 2.24) is 4.90 Å². The molecule has 0 unspecified atom stereocenters. The summed E-state index contributed by atoms with van der Waals surface area (Å²) in [7, 11) is 0. The first-order valence-electron chi connectivity index (χ1n) is 8.19. The Kier molecular flexibility index (Phi) is 5.42. The molecule has 1 aliphatic heterocycles. The molecule has 3 N–H and O–H groups in total. The zero-order valence-corrected chi connectivity index (χ0v) is 14.2. The predicted molar refractivity (Wildman–Crippen MR) is 91.8 cm³/mol. The Morgan fingerprint density at radius 1 is 1.17 bits per heavy atom. The van der Waals surface area contributed by atoms with Gasteiger partial charge in [-0.05, 0) is 30.4 Å². The molecule has 1 atom stereocenters. The number of rotatable bonds is 3. The summed E-state index contributed by atoms with van der Waals surface area (Å²) in [6, 6.07) is 8.95. The molecule has 5 nitrogen and oxygen atoms in total. The van der Waals surface area contributed by atoms with Crippen LogP contribution in [0.3, 0.4) is 0 Å². The molecule has 1 aliphatic rings. The highest BCUT2D eigenvalue weighted by atomic mass is 16.2. The van der Waals surface area contributed by atoms with Gasteiger partial charge in [-0.1, -0.05) is 39.0 Å². The van der Waals surface area contributed by atoms with E-state index in [0.717, 1.165) is 5.69 Å². The zero-order chi connectivity index (χ0) is 17.0. The molecule has 2 amide bonds. The van der Waals surface area contributed by atoms with Gasteiger partial charge in [0, 0.05) is 24.7 Å². The summed E-state index contributed by atoms with van der Waals surface area (Å²) in [5.74, 6) is -0.0343. The van der Waals surface area contributed by atoms with Crippen LogP contribution >= 0.6 is 0 Å². The maximum atomic E-state index is 12.4. The van der Waals surface area contributed by atoms with Crippen LogP contribution in [0.5, 0.6) is 0 Å². The topological polar surface area (TPSA) is 75.4 Å². The van der Waals surface area contributed by atoms with Crippen molar-refractivity contribution in [3.63, 3.8) is 0 Å². The minimum absolute atomic E-state index is 0.0144. The van der Waals surface area contributed by atoms with Crippen LogP contribution in [-0.4, -0.2) is 35.8 Å². The van der Waals surface area contributed by atoms with Crippen LogP contribution in [0.4, 0.5) is 5.69 Å². The molecule has 0 aromatic heterocycles. The maximum absolute atomic E-state index is 12.4. The summed E-state index contributed by atoms with van der Waals surface area (Å²) in [6.07, 6.45) is 1.36. The summed E-state index contributed by atoms with van der Waals surface area (Å²) in [4.78, 5) is 26.5. The molecule has 1 aromatic rings. The number of nitrogens with zero attached hydrogens (tertiary/aromatic N) is 1. The molecule has 0 aliphatic carbocycles. The second kappa shape index (κ2) is 7.13. The quantitative estimate of drug-likeness (QED) is 0.897. The number of anilines is 1. The lowest BCUT2D eigenvalue weighted by molar-refractivity contribution is -0.137. The highest BCUT2D eigenvalue weighted by Gasteiger charge is 2.34. The SMILES string of the molecule is CC(C)(C)[C@H](N)C(=O)N1CCC(C(=O)Nc2ccccc2)CC1. The number of likely N-dealkylation sites (tertiary alicyclic amines) is 1. The molecule has 23 heavy (non-hydrogen) atoms. The Bertz CT molecular complexity index is 543. The van der Waals surface area contributed by atoms with Gasteiger partial charge >= 0.3 is 0 Å². The van der Waals surface area contributed by atoms with E-state index in [2.05, 4.69) is 5.32 Å². The van der Waals surface area contributed by atoms with Crippen LogP contribution in [-0.2, 0) is 9.59 Å². The van der Waals surface area contributed by atoms with E-state index in [1.165, 1.54) is 0 Å². The minimum Gasteiger partial charge on any atom is -0.341 e. The second-order valence-electron chi connectivity index (χ2n) is 7.30. The Hall–Kier alpha value is -1.88. The van der Waals surface area contributed by atoms with Crippen molar-refractivity contribution in [2.24, 2.45) is 17.1 Å². The number of hydrogen-bond donors (Lipinski definition) is 2. The standard InChI is InChI=1S/C18H27N3O2/c1-18(2,3)15(19)17(23)21-11-9-13(10-12-21)16(22)20-14-7-5-4-6-8-14/h4-8,13,15H,9-12,19H2,1-3H3,(H,20,22)/t15-/m1/s1. The third-order valence-electron chi connectivity index (χ3n) is 4.42. The molecule has 1 heterocycles. The molecule has 0 radical (unpaired) electrons. The average molecular weight is 317 g/mol. The van der Waals surface area contributed by atoms with Crippen LogP contribution in [0.25, 0.3) is 0 Å². The van der Waals surface area contributed by atoms with Crippen LogP contribution in [0.15, 0.2) is 30.3 Å². The van der Waals surface area contributed by atoms with E-state index in [9.17, 15) is 9.59 Å². The van der Waals surface area contributed by atoms with Crippen molar-refractivity contribution < 1.29 is 9.59 Å². The first-order chi connectivity index (χ1) is 10.8. The molecule has 0 bridgehead atoms. The number of amides is 2. The molecular formula is C18H27N3O2. The largest absolute Gasteiger partial charge is 0.341 e. The normalized spacial score (nSPS) is 17.7. The fourth-order valence-corrected chi connectivity index (χ4v) is 2.69. The van der Waals surface area contributed by atoms with Gasteiger partial charge in [0.15, 0.2) is 0 Å². The molecule has 0 saturated carbocycles. The van der Waals surface area contributed by atoms with Gasteiger partial charge in [0.05, 0.1) is 6.04 Å². The number of hydrogen-bond acceptors (Lipinski definition) is 3. The van der Waals surface area contributed by atoms with Crippen LogP contribution in [0.2, 0.25) is 0 Å². The van der Waals surface area contributed by atoms with Crippen molar-refractivity contribution in [2.75, 3.05) is 18.4 Å². The molecule has 5 heteroatoms. The van der Waals surface area contributed by atoms with E-state index in [0.29, 0.717) is 25.9 Å². The third-order valence-corrected chi connectivity index (χ3v) is 4.42. The number of piperidine rings is 1. The monoisotopic (exact) mass is 317 g/mol. The average Bonchev–Trinajstić information content (AvgIpc) is 2.53. The first-order valence-corrected chi connectivity index (χ1v) is 8.19. The van der Waals surface area contributed by atoms with Gasteiger partial charge in [0.1, 0.15) is 0 Å². The van der Waals surface area contributed by atoms with Crippen molar-refractivity contribution in [1.29, 1.82) is 0 Å². The number of benzene rings is 1. The first kappa shape index (κ1) is 17.5. The van der Waals surface area contributed by atoms with Gasteiger partial charge in [0.25, 0.3) is 0 Å². The van der Waals surface area contributed by atoms with Gasteiger partial charge in [-0.3, -0.25) is 9.59 Å². The summed E-state index contributed by atoms with van der Waals surface area (Å²) >= 11 is 0. The predicted octanol–water partition coefficient (Wildman–Crippen LogP) is 2.24. The number of nitrogens with one attached hydrogen (secondary N) is 1. The van der Waals surface area contributed by atoms with Crippen LogP contribution in [0.1, 0.15) is 33.6 Å². The van der Waals surface area contributed by atoms with Crippen molar-refractivity contribution >= 4 is 17.5 Å². The van der Waals surface area contributed by atoms with Crippen LogP contribution < -0.4 is 11.1 Å². The molecule has 0 spiro atoms. The van der Waals surface area contributed by atoms with Gasteiger partial charge in [-0.15, -0.1) is 0 Å². The van der Waals surface area contributed by atoms with E-state index in [1.54, 1.807) is 4.90 Å². The highest BCUT2D eigenvalue weighted by Crippen LogP contribution is 2.23. The lowest BCUT2D eigenvalue weighted by Gasteiger charge is -2.36. The Labute approximate surface area is 138 Å². The molecule has 1 saturated heterocycles. The Morgan fingerprint density at radius 3 is 2.26 bits per heavy atom. The summed E-state index contributed by atoms with van der Waals surface area (Å²) in [6.45, 7) is 7.09. The van der Waals surface area contributed by atoms with Gasteiger partial charge in [-0.2, -0.15) is 0 Å². The molecule has 126 valence electrons. The number of nitrogens with two attached hydrogens (primary N) is 1. The van der Waals surface area contributed by atoms with Crippen molar-refractivity contribution in [3.05, 3.63) is 30.3 Å². The fourth-order valence-electron chi connectivity index (χ4n) is 2.69. The maximum Gasteiger partial charge on any atom is 0.240 e. The lowest BCUT2D eigenvalue weighted by atomic mass is 9.85. The number of para-hydroxylation sites is 1. The summed E-state index contributed by atoms with van der Waals surface area (Å²) in [5, 5.41) is 2.94. The minimum atomic E-state index is -0.503. The number of carbonyl (C=O) groups is 2. The van der Waals surface area contributed by atoms with E-state index < -0.39 is 6.04 Å². The van der Waals surface area contributed by atoms with Crippen molar-refractivity contribution in [2.45, 2.75) is 39.7 Å². The second-order valence-corrected chi connectivity index (χ2v) is 7.30. The molecule has 1 fully saturated rings.